The van der Waals surface area contributed by atoms with Crippen molar-refractivity contribution in [1.29, 1.82) is 0 Å². The summed E-state index contributed by atoms with van der Waals surface area (Å²) in [6.07, 6.45) is 18.9. The number of rotatable bonds is 4. The maximum atomic E-state index is 6.64. The molecule has 4 aliphatic carbocycles. The molecule has 2 nitrogen and oxygen atoms in total. The van der Waals surface area contributed by atoms with Gasteiger partial charge in [-0.2, -0.15) is 0 Å². The van der Waals surface area contributed by atoms with Gasteiger partial charge in [-0.15, -0.1) is 0 Å². The number of benzene rings is 2. The van der Waals surface area contributed by atoms with Crippen molar-refractivity contribution in [3.8, 4) is 0 Å². The van der Waals surface area contributed by atoms with Crippen molar-refractivity contribution in [3.05, 3.63) is 94.5 Å². The zero-order valence-corrected chi connectivity index (χ0v) is 27.1. The van der Waals surface area contributed by atoms with E-state index in [1.54, 1.807) is 0 Å². The van der Waals surface area contributed by atoms with E-state index in [0.29, 0.717) is 0 Å². The van der Waals surface area contributed by atoms with Crippen LogP contribution in [0.4, 0.5) is 0 Å². The molecule has 0 atom stereocenters. The fraction of sp³-hybridized carbons (Fsp3) is 0.529. The van der Waals surface area contributed by atoms with Gasteiger partial charge in [0, 0.05) is 0 Å². The average molecular weight is 549 g/mol. The van der Waals surface area contributed by atoms with Crippen LogP contribution in [-0.4, -0.2) is 16.6 Å². The molecule has 0 aromatic heterocycles. The highest BCUT2D eigenvalue weighted by Gasteiger charge is 2.24. The highest BCUT2D eigenvalue weighted by Crippen LogP contribution is 2.25. The van der Waals surface area contributed by atoms with Crippen LogP contribution in [0, 0.1) is 0 Å². The molecular formula is C34H52O2Si2. The van der Waals surface area contributed by atoms with Gasteiger partial charge in [0.25, 0.3) is 0 Å². The van der Waals surface area contributed by atoms with Gasteiger partial charge in [0.15, 0.2) is 0 Å². The largest absolute Gasteiger partial charge is 0.542 e. The fourth-order valence-corrected chi connectivity index (χ4v) is 6.58. The standard InChI is InChI=1S/C34H52O2Si2/c1-37(2,3)35-33-19-13-17-31-25-21-29(22-26-31)15-11-9-7-8-10-12-16-30-23-27-32(28-24-30)18-14-20-34(33)36-38(4,5)6/h19-28H,7-18H2,1-6H3/b33-19-,34-20?. The maximum absolute atomic E-state index is 6.64. The summed E-state index contributed by atoms with van der Waals surface area (Å²) in [6, 6.07) is 18.6. The Balaban J connectivity index is 1.83. The van der Waals surface area contributed by atoms with E-state index in [-0.39, 0.29) is 0 Å². The summed E-state index contributed by atoms with van der Waals surface area (Å²) in [6.45, 7) is 13.5. The molecule has 0 saturated heterocycles. The van der Waals surface area contributed by atoms with E-state index < -0.39 is 16.6 Å². The van der Waals surface area contributed by atoms with Crippen LogP contribution in [0.5, 0.6) is 0 Å². The number of allylic oxidation sites excluding steroid dienone is 2. The van der Waals surface area contributed by atoms with Crippen molar-refractivity contribution in [2.24, 2.45) is 0 Å². The Labute approximate surface area is 235 Å². The molecule has 0 radical (unpaired) electrons. The smallest absolute Gasteiger partial charge is 0.242 e. The van der Waals surface area contributed by atoms with Gasteiger partial charge in [-0.25, -0.2) is 0 Å². The van der Waals surface area contributed by atoms with Crippen LogP contribution in [0.1, 0.15) is 73.6 Å². The lowest BCUT2D eigenvalue weighted by molar-refractivity contribution is 0.339. The zero-order chi connectivity index (χ0) is 27.4. The van der Waals surface area contributed by atoms with Gasteiger partial charge < -0.3 is 8.85 Å². The van der Waals surface area contributed by atoms with E-state index in [9.17, 15) is 0 Å². The predicted molar refractivity (Wildman–Crippen MR) is 170 cm³/mol. The van der Waals surface area contributed by atoms with Gasteiger partial charge >= 0.3 is 0 Å². The minimum absolute atomic E-state index is 0.951. The van der Waals surface area contributed by atoms with Crippen molar-refractivity contribution in [2.45, 2.75) is 116 Å². The second kappa shape index (κ2) is 14.9. The molecule has 0 spiro atoms. The van der Waals surface area contributed by atoms with Crippen molar-refractivity contribution < 1.29 is 8.85 Å². The van der Waals surface area contributed by atoms with Crippen molar-refractivity contribution in [2.75, 3.05) is 0 Å². The Morgan fingerprint density at radius 1 is 0.421 bits per heavy atom. The van der Waals surface area contributed by atoms with E-state index in [0.717, 1.165) is 37.2 Å². The monoisotopic (exact) mass is 548 g/mol. The molecule has 6 rings (SSSR count). The Morgan fingerprint density at radius 2 is 0.711 bits per heavy atom. The third-order valence-corrected chi connectivity index (χ3v) is 8.49. The summed E-state index contributed by atoms with van der Waals surface area (Å²) >= 11 is 0. The molecule has 4 heteroatoms. The summed E-state index contributed by atoms with van der Waals surface area (Å²) in [4.78, 5) is 0. The third-order valence-electron chi connectivity index (χ3n) is 6.83. The van der Waals surface area contributed by atoms with Crippen LogP contribution in [-0.2, 0) is 34.5 Å². The van der Waals surface area contributed by atoms with E-state index in [2.05, 4.69) is 100.0 Å². The van der Waals surface area contributed by atoms with Gasteiger partial charge in [0.05, 0.1) is 0 Å². The lowest BCUT2D eigenvalue weighted by atomic mass is 10.0. The van der Waals surface area contributed by atoms with Crippen LogP contribution < -0.4 is 0 Å². The minimum atomic E-state index is -1.80. The van der Waals surface area contributed by atoms with Gasteiger partial charge in [0.1, 0.15) is 11.5 Å². The molecule has 208 valence electrons. The SMILES string of the molecule is C[Si](C)(C)OC1=CCCc2ccc(cc2)CCCCCCCCc2ccc(cc2)CC/C=C/1O[Si](C)(C)C. The van der Waals surface area contributed by atoms with Crippen LogP contribution in [0.25, 0.3) is 0 Å². The van der Waals surface area contributed by atoms with Crippen LogP contribution in [0.15, 0.2) is 72.2 Å². The lowest BCUT2D eigenvalue weighted by Crippen LogP contribution is -2.30. The summed E-state index contributed by atoms with van der Waals surface area (Å²) in [5, 5.41) is 0. The van der Waals surface area contributed by atoms with Gasteiger partial charge in [-0.1, -0.05) is 74.2 Å². The van der Waals surface area contributed by atoms with Crippen molar-refractivity contribution in [3.63, 3.8) is 0 Å². The van der Waals surface area contributed by atoms with Crippen LogP contribution >= 0.6 is 0 Å². The van der Waals surface area contributed by atoms with Crippen molar-refractivity contribution in [1.82, 2.24) is 0 Å². The zero-order valence-electron chi connectivity index (χ0n) is 25.1. The molecule has 38 heavy (non-hydrogen) atoms. The summed E-state index contributed by atoms with van der Waals surface area (Å²) < 4.78 is 13.3. The summed E-state index contributed by atoms with van der Waals surface area (Å²) in [7, 11) is -3.60. The third kappa shape index (κ3) is 12.2. The molecule has 0 saturated carbocycles. The quantitative estimate of drug-likeness (QED) is 0.354. The lowest BCUT2D eigenvalue weighted by Gasteiger charge is -2.28. The molecular weight excluding hydrogens is 497 g/mol. The number of hydrogen-bond acceptors (Lipinski definition) is 2. The molecule has 0 amide bonds. The Morgan fingerprint density at radius 3 is 1.03 bits per heavy atom. The van der Waals surface area contributed by atoms with Gasteiger partial charge in [-0.3, -0.25) is 0 Å². The Hall–Kier alpha value is -2.05. The molecule has 0 unspecified atom stereocenters. The topological polar surface area (TPSA) is 18.5 Å². The van der Waals surface area contributed by atoms with Crippen LogP contribution in [0.3, 0.4) is 0 Å². The number of aryl methyl sites for hydroxylation is 4. The van der Waals surface area contributed by atoms with E-state index in [1.165, 1.54) is 73.6 Å². The highest BCUT2D eigenvalue weighted by molar-refractivity contribution is 6.70. The molecule has 0 fully saturated rings. The highest BCUT2D eigenvalue weighted by atomic mass is 28.4. The maximum Gasteiger partial charge on any atom is 0.242 e. The Bertz CT molecular complexity index is 937. The fourth-order valence-electron chi connectivity index (χ4n) is 4.90. The second-order valence-corrected chi connectivity index (χ2v) is 21.8. The molecule has 4 bridgehead atoms. The van der Waals surface area contributed by atoms with Crippen LogP contribution in [0.2, 0.25) is 39.3 Å². The molecule has 0 N–H and O–H groups in total. The first-order chi connectivity index (χ1) is 18.1. The summed E-state index contributed by atoms with van der Waals surface area (Å²) in [5.74, 6) is 1.90. The molecule has 4 aliphatic rings. The van der Waals surface area contributed by atoms with E-state index in [1.807, 2.05) is 0 Å². The summed E-state index contributed by atoms with van der Waals surface area (Å²) in [5.41, 5.74) is 5.73. The molecule has 0 aliphatic heterocycles. The number of hydrogen-bond donors (Lipinski definition) is 0. The molecule has 2 aromatic carbocycles. The minimum Gasteiger partial charge on any atom is -0.542 e. The van der Waals surface area contributed by atoms with E-state index in [4.69, 9.17) is 8.85 Å². The van der Waals surface area contributed by atoms with Gasteiger partial charge in [0.2, 0.25) is 16.6 Å². The van der Waals surface area contributed by atoms with E-state index >= 15 is 0 Å². The first-order valence-electron chi connectivity index (χ1n) is 15.0. The first kappa shape index (κ1) is 30.5. The Kier molecular flexibility index (Phi) is 12.0. The van der Waals surface area contributed by atoms with Crippen molar-refractivity contribution >= 4 is 16.6 Å². The molecule has 0 heterocycles. The molecule has 2 aromatic rings. The average Bonchev–Trinajstić information content (AvgIpc) is 2.84. The predicted octanol–water partition coefficient (Wildman–Crippen LogP) is 10.2. The van der Waals surface area contributed by atoms with Gasteiger partial charge in [-0.05, 0) is 125 Å². The second-order valence-electron chi connectivity index (χ2n) is 12.9. The first-order valence-corrected chi connectivity index (χ1v) is 21.8. The normalized spacial score (nSPS) is 18.7.